The molecular weight excluding hydrogens is 425 g/mol. The van der Waals surface area contributed by atoms with Crippen molar-refractivity contribution < 1.29 is 9.53 Å². The SMILES string of the molecule is CCC(=O)Nc1cccc(I)c1COc1ccc(CC)cc1Cl. The van der Waals surface area contributed by atoms with Gasteiger partial charge >= 0.3 is 0 Å². The Morgan fingerprint density at radius 2 is 2.04 bits per heavy atom. The fraction of sp³-hybridized carbons (Fsp3) is 0.278. The molecule has 0 radical (unpaired) electrons. The summed E-state index contributed by atoms with van der Waals surface area (Å²) in [5, 5.41) is 3.52. The zero-order chi connectivity index (χ0) is 16.8. The maximum absolute atomic E-state index is 11.7. The normalized spacial score (nSPS) is 10.4. The summed E-state index contributed by atoms with van der Waals surface area (Å²) in [4.78, 5) is 11.7. The van der Waals surface area contributed by atoms with Gasteiger partial charge in [-0.2, -0.15) is 0 Å². The van der Waals surface area contributed by atoms with Crippen molar-refractivity contribution in [2.24, 2.45) is 0 Å². The number of benzene rings is 2. The lowest BCUT2D eigenvalue weighted by Crippen LogP contribution is -2.13. The number of nitrogens with one attached hydrogen (secondary N) is 1. The number of ether oxygens (including phenoxy) is 1. The molecule has 0 aliphatic heterocycles. The van der Waals surface area contributed by atoms with E-state index in [9.17, 15) is 4.79 Å². The van der Waals surface area contributed by atoms with E-state index in [2.05, 4.69) is 34.8 Å². The summed E-state index contributed by atoms with van der Waals surface area (Å²) in [7, 11) is 0. The molecule has 122 valence electrons. The molecule has 3 nitrogen and oxygen atoms in total. The smallest absolute Gasteiger partial charge is 0.224 e. The molecule has 0 saturated carbocycles. The summed E-state index contributed by atoms with van der Waals surface area (Å²) in [5.41, 5.74) is 2.91. The van der Waals surface area contributed by atoms with Crippen molar-refractivity contribution in [3.05, 3.63) is 56.1 Å². The molecule has 0 heterocycles. The van der Waals surface area contributed by atoms with E-state index in [1.807, 2.05) is 43.3 Å². The highest BCUT2D eigenvalue weighted by Gasteiger charge is 2.11. The molecule has 2 aromatic rings. The van der Waals surface area contributed by atoms with Gasteiger partial charge in [0.1, 0.15) is 12.4 Å². The van der Waals surface area contributed by atoms with E-state index in [1.54, 1.807) is 0 Å². The highest BCUT2D eigenvalue weighted by Crippen LogP contribution is 2.29. The standard InChI is InChI=1S/C18H19ClINO2/c1-3-12-8-9-17(14(19)10-12)23-11-13-15(20)6-5-7-16(13)21-18(22)4-2/h5-10H,3-4,11H2,1-2H3,(H,21,22). The Morgan fingerprint density at radius 3 is 2.70 bits per heavy atom. The lowest BCUT2D eigenvalue weighted by Gasteiger charge is -2.14. The van der Waals surface area contributed by atoms with E-state index in [4.69, 9.17) is 16.3 Å². The Hall–Kier alpha value is -1.27. The molecule has 0 bridgehead atoms. The topological polar surface area (TPSA) is 38.3 Å². The second-order valence-corrected chi connectivity index (χ2v) is 6.64. The molecule has 5 heteroatoms. The quantitative estimate of drug-likeness (QED) is 0.604. The van der Waals surface area contributed by atoms with Crippen LogP contribution >= 0.6 is 34.2 Å². The van der Waals surface area contributed by atoms with Crippen LogP contribution in [0.1, 0.15) is 31.4 Å². The van der Waals surface area contributed by atoms with Gasteiger partial charge < -0.3 is 10.1 Å². The lowest BCUT2D eigenvalue weighted by atomic mass is 10.1. The molecule has 23 heavy (non-hydrogen) atoms. The first-order valence-corrected chi connectivity index (χ1v) is 8.99. The van der Waals surface area contributed by atoms with Crippen LogP contribution in [0, 0.1) is 3.57 Å². The lowest BCUT2D eigenvalue weighted by molar-refractivity contribution is -0.115. The third kappa shape index (κ3) is 4.85. The van der Waals surface area contributed by atoms with Crippen molar-refractivity contribution in [2.45, 2.75) is 33.3 Å². The molecule has 1 N–H and O–H groups in total. The van der Waals surface area contributed by atoms with Gasteiger partial charge in [-0.1, -0.05) is 37.6 Å². The minimum absolute atomic E-state index is 0.0152. The number of anilines is 1. The minimum Gasteiger partial charge on any atom is -0.487 e. The number of hydrogen-bond donors (Lipinski definition) is 1. The van der Waals surface area contributed by atoms with Gasteiger partial charge in [-0.15, -0.1) is 0 Å². The van der Waals surface area contributed by atoms with Gasteiger partial charge in [-0.3, -0.25) is 4.79 Å². The van der Waals surface area contributed by atoms with Crippen LogP contribution in [0.3, 0.4) is 0 Å². The average molecular weight is 444 g/mol. The van der Waals surface area contributed by atoms with Crippen LogP contribution in [0.15, 0.2) is 36.4 Å². The van der Waals surface area contributed by atoms with E-state index in [0.29, 0.717) is 23.8 Å². The molecule has 0 aliphatic carbocycles. The van der Waals surface area contributed by atoms with E-state index < -0.39 is 0 Å². The van der Waals surface area contributed by atoms with Crippen LogP contribution in [0.2, 0.25) is 5.02 Å². The van der Waals surface area contributed by atoms with Crippen molar-refractivity contribution >= 4 is 45.8 Å². The molecule has 2 rings (SSSR count). The molecule has 0 atom stereocenters. The zero-order valence-corrected chi connectivity index (χ0v) is 16.1. The molecule has 0 unspecified atom stereocenters. The summed E-state index contributed by atoms with van der Waals surface area (Å²) in [5.74, 6) is 0.634. The number of rotatable bonds is 6. The highest BCUT2D eigenvalue weighted by atomic mass is 127. The highest BCUT2D eigenvalue weighted by molar-refractivity contribution is 14.1. The maximum Gasteiger partial charge on any atom is 0.224 e. The van der Waals surface area contributed by atoms with Gasteiger partial charge in [-0.25, -0.2) is 0 Å². The first kappa shape index (κ1) is 18.1. The van der Waals surface area contributed by atoms with Crippen LogP contribution in [-0.2, 0) is 17.8 Å². The first-order chi connectivity index (χ1) is 11.0. The molecule has 0 fully saturated rings. The Morgan fingerprint density at radius 1 is 1.26 bits per heavy atom. The number of aryl methyl sites for hydroxylation is 1. The molecule has 0 aliphatic rings. The van der Waals surface area contributed by atoms with E-state index in [-0.39, 0.29) is 5.91 Å². The number of halogens is 2. The van der Waals surface area contributed by atoms with Crippen molar-refractivity contribution in [2.75, 3.05) is 5.32 Å². The van der Waals surface area contributed by atoms with Gasteiger partial charge in [0.25, 0.3) is 0 Å². The van der Waals surface area contributed by atoms with Gasteiger partial charge in [0, 0.05) is 21.2 Å². The zero-order valence-electron chi connectivity index (χ0n) is 13.2. The minimum atomic E-state index is -0.0152. The van der Waals surface area contributed by atoms with Crippen LogP contribution in [0.5, 0.6) is 5.75 Å². The van der Waals surface area contributed by atoms with Crippen LogP contribution in [0.25, 0.3) is 0 Å². The van der Waals surface area contributed by atoms with Crippen LogP contribution < -0.4 is 10.1 Å². The Kier molecular flexibility index (Phi) is 6.72. The largest absolute Gasteiger partial charge is 0.487 e. The molecule has 1 amide bonds. The number of carbonyl (C=O) groups excluding carboxylic acids is 1. The molecule has 0 aromatic heterocycles. The van der Waals surface area contributed by atoms with Gasteiger partial charge in [-0.05, 0) is 58.8 Å². The van der Waals surface area contributed by atoms with Gasteiger partial charge in [0.15, 0.2) is 0 Å². The summed E-state index contributed by atoms with van der Waals surface area (Å²) in [6.45, 7) is 4.26. The number of amides is 1. The molecular formula is C18H19ClINO2. The third-order valence-corrected chi connectivity index (χ3v) is 4.80. The van der Waals surface area contributed by atoms with Crippen molar-refractivity contribution in [1.82, 2.24) is 0 Å². The number of hydrogen-bond acceptors (Lipinski definition) is 2. The predicted octanol–water partition coefficient (Wildman–Crippen LogP) is 5.43. The van der Waals surface area contributed by atoms with Gasteiger partial charge in [0.2, 0.25) is 5.91 Å². The van der Waals surface area contributed by atoms with E-state index in [0.717, 1.165) is 21.2 Å². The summed E-state index contributed by atoms with van der Waals surface area (Å²) >= 11 is 8.51. The van der Waals surface area contributed by atoms with Crippen molar-refractivity contribution in [3.8, 4) is 5.75 Å². The van der Waals surface area contributed by atoms with E-state index >= 15 is 0 Å². The summed E-state index contributed by atoms with van der Waals surface area (Å²) in [6.07, 6.45) is 1.37. The fourth-order valence-electron chi connectivity index (χ4n) is 2.09. The van der Waals surface area contributed by atoms with Gasteiger partial charge in [0.05, 0.1) is 5.02 Å². The second kappa shape index (κ2) is 8.55. The van der Waals surface area contributed by atoms with Crippen molar-refractivity contribution in [1.29, 1.82) is 0 Å². The summed E-state index contributed by atoms with van der Waals surface area (Å²) in [6, 6.07) is 11.6. The fourth-order valence-corrected chi connectivity index (χ4v) is 3.00. The first-order valence-electron chi connectivity index (χ1n) is 7.53. The average Bonchev–Trinajstić information content (AvgIpc) is 2.55. The van der Waals surface area contributed by atoms with Crippen molar-refractivity contribution in [3.63, 3.8) is 0 Å². The second-order valence-electron chi connectivity index (χ2n) is 5.07. The number of carbonyl (C=O) groups is 1. The predicted molar refractivity (Wildman–Crippen MR) is 103 cm³/mol. The molecule has 0 saturated heterocycles. The van der Waals surface area contributed by atoms with Crippen LogP contribution in [0.4, 0.5) is 5.69 Å². The summed E-state index contributed by atoms with van der Waals surface area (Å²) < 4.78 is 6.91. The third-order valence-electron chi connectivity index (χ3n) is 3.49. The van der Waals surface area contributed by atoms with E-state index in [1.165, 1.54) is 5.56 Å². The Labute approximate surface area is 155 Å². The molecule has 2 aromatic carbocycles. The van der Waals surface area contributed by atoms with Crippen LogP contribution in [-0.4, -0.2) is 5.91 Å². The maximum atomic E-state index is 11.7. The monoisotopic (exact) mass is 443 g/mol. The molecule has 0 spiro atoms. The Balaban J connectivity index is 2.18. The Bertz CT molecular complexity index is 703.